The van der Waals surface area contributed by atoms with Crippen molar-refractivity contribution in [2.24, 2.45) is 20.5 Å². The molecular weight excluding hydrogens is 643 g/mol. The maximum Gasteiger partial charge on any atom is 0.151 e. The Hall–Kier alpha value is -3.48. The SMILES string of the molecule is CC.CC.CC.CCC.CCNc1ccc2c(O)c(N=Nc3[c-]cc(N=Nc4cccc5ccccc45)c(C)c3)c(C)cc2c1.[Y]. The summed E-state index contributed by atoms with van der Waals surface area (Å²) < 4.78 is 0. The van der Waals surface area contributed by atoms with Crippen LogP contribution in [0.5, 0.6) is 5.75 Å². The first-order chi connectivity index (χ1) is 21.9. The molecule has 0 spiro atoms. The summed E-state index contributed by atoms with van der Waals surface area (Å²) in [5.41, 5.74) is 5.29. The molecule has 6 nitrogen and oxygen atoms in total. The first-order valence-electron chi connectivity index (χ1n) is 16.3. The van der Waals surface area contributed by atoms with Gasteiger partial charge < -0.3 is 10.4 Å². The summed E-state index contributed by atoms with van der Waals surface area (Å²) in [5, 5.41) is 35.6. The summed E-state index contributed by atoms with van der Waals surface area (Å²) in [5.74, 6) is 0.119. The molecular formula is C39H52N5OY-. The van der Waals surface area contributed by atoms with Gasteiger partial charge in [0.05, 0.1) is 5.69 Å². The Labute approximate surface area is 302 Å². The fourth-order valence-electron chi connectivity index (χ4n) is 4.20. The van der Waals surface area contributed by atoms with Crippen molar-refractivity contribution in [1.29, 1.82) is 0 Å². The van der Waals surface area contributed by atoms with E-state index in [0.717, 1.165) is 50.6 Å². The standard InChI is InChI=1S/C30H26N5O.C3H8.3C2H6.Y/c1-4-31-23-12-14-26-22(18-23)16-20(3)29(30(26)36)35-32-24-13-15-27(19(2)17-24)33-34-28-11-7-9-21-8-5-6-10-25(21)28;1-3-2;3*1-2;/h5-12,14-18,31,36H,4H2,1-3H3;3H2,1-2H3;3*1-2H3;/q-1;;;;;. The van der Waals surface area contributed by atoms with Gasteiger partial charge >= 0.3 is 0 Å². The van der Waals surface area contributed by atoms with Crippen LogP contribution < -0.4 is 5.32 Å². The molecule has 2 N–H and O–H groups in total. The summed E-state index contributed by atoms with van der Waals surface area (Å²) in [6.07, 6.45) is 1.25. The van der Waals surface area contributed by atoms with Crippen molar-refractivity contribution in [3.05, 3.63) is 96.1 Å². The van der Waals surface area contributed by atoms with Gasteiger partial charge in [0.1, 0.15) is 5.69 Å². The zero-order chi connectivity index (χ0) is 33.8. The van der Waals surface area contributed by atoms with E-state index >= 15 is 0 Å². The van der Waals surface area contributed by atoms with Crippen LogP contribution in [-0.4, -0.2) is 11.7 Å². The van der Waals surface area contributed by atoms with E-state index in [2.05, 4.69) is 64.7 Å². The van der Waals surface area contributed by atoms with E-state index in [1.54, 1.807) is 6.07 Å². The number of aryl methyl sites for hydroxylation is 2. The molecule has 5 rings (SSSR count). The number of nitrogens with zero attached hydrogens (tertiary/aromatic N) is 4. The van der Waals surface area contributed by atoms with E-state index in [9.17, 15) is 5.11 Å². The normalized spacial score (nSPS) is 9.98. The molecule has 0 aromatic heterocycles. The smallest absolute Gasteiger partial charge is 0.151 e. The Morgan fingerprint density at radius 1 is 0.652 bits per heavy atom. The van der Waals surface area contributed by atoms with Crippen LogP contribution in [0.15, 0.2) is 99.3 Å². The quantitative estimate of drug-likeness (QED) is 0.137. The third-order valence-electron chi connectivity index (χ3n) is 6.06. The molecule has 0 heterocycles. The van der Waals surface area contributed by atoms with Crippen LogP contribution in [0.4, 0.5) is 28.4 Å². The van der Waals surface area contributed by atoms with Crippen LogP contribution >= 0.6 is 0 Å². The molecule has 7 heteroatoms. The predicted octanol–water partition coefficient (Wildman–Crippen LogP) is 13.9. The minimum atomic E-state index is 0. The van der Waals surface area contributed by atoms with Gasteiger partial charge in [-0.05, 0) is 71.9 Å². The minimum absolute atomic E-state index is 0. The molecule has 0 fully saturated rings. The molecule has 243 valence electrons. The van der Waals surface area contributed by atoms with Gasteiger partial charge in [0.2, 0.25) is 0 Å². The van der Waals surface area contributed by atoms with Gasteiger partial charge in [0.15, 0.2) is 5.75 Å². The second kappa shape index (κ2) is 23.8. The van der Waals surface area contributed by atoms with Crippen molar-refractivity contribution in [2.75, 3.05) is 11.9 Å². The zero-order valence-electron chi connectivity index (χ0n) is 29.7. The van der Waals surface area contributed by atoms with Crippen LogP contribution in [-0.2, 0) is 32.7 Å². The van der Waals surface area contributed by atoms with Crippen molar-refractivity contribution in [3.8, 4) is 5.75 Å². The number of benzene rings is 5. The average Bonchev–Trinajstić information content (AvgIpc) is 3.07. The van der Waals surface area contributed by atoms with Gasteiger partial charge in [-0.25, -0.2) is 5.11 Å². The molecule has 0 saturated heterocycles. The zero-order valence-corrected chi connectivity index (χ0v) is 32.6. The Morgan fingerprint density at radius 2 is 1.28 bits per heavy atom. The molecule has 0 aliphatic carbocycles. The van der Waals surface area contributed by atoms with Gasteiger partial charge in [0, 0.05) is 55.7 Å². The van der Waals surface area contributed by atoms with Gasteiger partial charge in [0.25, 0.3) is 0 Å². The average molecular weight is 696 g/mol. The van der Waals surface area contributed by atoms with E-state index in [-0.39, 0.29) is 38.5 Å². The number of azo groups is 2. The molecule has 0 atom stereocenters. The van der Waals surface area contributed by atoms with Gasteiger partial charge in [-0.3, -0.25) is 0 Å². The molecule has 0 amide bonds. The third kappa shape index (κ3) is 12.0. The number of fused-ring (bicyclic) bond motifs is 2. The van der Waals surface area contributed by atoms with Crippen LogP contribution in [0.1, 0.15) is 79.9 Å². The molecule has 5 aromatic carbocycles. The van der Waals surface area contributed by atoms with Gasteiger partial charge in [-0.15, -0.1) is 22.8 Å². The van der Waals surface area contributed by atoms with Crippen molar-refractivity contribution in [3.63, 3.8) is 0 Å². The second-order valence-corrected chi connectivity index (χ2v) is 9.35. The summed E-state index contributed by atoms with van der Waals surface area (Å²) in [7, 11) is 0. The summed E-state index contributed by atoms with van der Waals surface area (Å²) in [6.45, 7) is 23.0. The van der Waals surface area contributed by atoms with E-state index in [1.165, 1.54) is 6.42 Å². The summed E-state index contributed by atoms with van der Waals surface area (Å²) >= 11 is 0. The fourth-order valence-corrected chi connectivity index (χ4v) is 4.20. The number of phenolic OH excluding ortho intramolecular Hbond substituents is 1. The van der Waals surface area contributed by atoms with Crippen molar-refractivity contribution in [2.45, 2.75) is 82.6 Å². The third-order valence-corrected chi connectivity index (χ3v) is 6.06. The van der Waals surface area contributed by atoms with Gasteiger partial charge in [-0.2, -0.15) is 16.3 Å². The number of aromatic hydroxyl groups is 1. The Kier molecular flexibility index (Phi) is 22.0. The number of anilines is 1. The maximum absolute atomic E-state index is 10.9. The molecule has 0 saturated carbocycles. The molecule has 5 aromatic rings. The Morgan fingerprint density at radius 3 is 1.93 bits per heavy atom. The van der Waals surface area contributed by atoms with E-state index in [4.69, 9.17) is 0 Å². The predicted molar refractivity (Wildman–Crippen MR) is 197 cm³/mol. The van der Waals surface area contributed by atoms with E-state index < -0.39 is 0 Å². The second-order valence-electron chi connectivity index (χ2n) is 9.35. The molecule has 0 unspecified atom stereocenters. The maximum atomic E-state index is 10.9. The van der Waals surface area contributed by atoms with E-state index in [1.807, 2.05) is 116 Å². The van der Waals surface area contributed by atoms with Crippen LogP contribution in [0.25, 0.3) is 21.5 Å². The van der Waals surface area contributed by atoms with Gasteiger partial charge in [-0.1, -0.05) is 105 Å². The topological polar surface area (TPSA) is 81.7 Å². The van der Waals surface area contributed by atoms with Crippen molar-refractivity contribution < 1.29 is 37.8 Å². The first kappa shape index (κ1) is 42.5. The van der Waals surface area contributed by atoms with Crippen LogP contribution in [0.3, 0.4) is 0 Å². The van der Waals surface area contributed by atoms with Crippen LogP contribution in [0, 0.1) is 19.9 Å². The fraction of sp³-hybridized carbons (Fsp3) is 0.333. The monoisotopic (exact) mass is 695 g/mol. The van der Waals surface area contributed by atoms with Crippen LogP contribution in [0.2, 0.25) is 0 Å². The molecule has 0 bridgehead atoms. The molecule has 0 aliphatic rings. The first-order valence-corrected chi connectivity index (χ1v) is 16.3. The number of rotatable bonds is 6. The summed E-state index contributed by atoms with van der Waals surface area (Å²) in [6, 6.07) is 28.7. The number of phenols is 1. The van der Waals surface area contributed by atoms with Crippen molar-refractivity contribution in [1.82, 2.24) is 0 Å². The minimum Gasteiger partial charge on any atom is -0.505 e. The molecule has 0 aliphatic heterocycles. The molecule has 46 heavy (non-hydrogen) atoms. The summed E-state index contributed by atoms with van der Waals surface area (Å²) in [4.78, 5) is 0. The van der Waals surface area contributed by atoms with E-state index in [0.29, 0.717) is 17.1 Å². The molecule has 1 radical (unpaired) electrons. The number of hydrogen-bond acceptors (Lipinski definition) is 6. The number of nitrogens with one attached hydrogen (secondary N) is 1. The number of hydrogen-bond donors (Lipinski definition) is 2. The Bertz CT molecular complexity index is 1660. The van der Waals surface area contributed by atoms with Crippen molar-refractivity contribution >= 4 is 50.0 Å². The largest absolute Gasteiger partial charge is 0.505 e. The Balaban J connectivity index is 0.00000185.